The lowest BCUT2D eigenvalue weighted by atomic mass is 10.00. The van der Waals surface area contributed by atoms with Crippen molar-refractivity contribution in [3.05, 3.63) is 71.3 Å². The van der Waals surface area contributed by atoms with Gasteiger partial charge in [0.05, 0.1) is 12.6 Å². The molecule has 132 valence electrons. The standard InChI is InChI=1S/C19H22N2O4/c1-20-18(23)17-10-6-5-9-15(17)11-16(12-22)21-19(24)25-13-14-7-3-2-4-8-14/h2-10,16,22H,11-13H2,1H3,(H,20,23)(H,21,24)/t16-/m1/s1. The molecule has 0 saturated heterocycles. The molecule has 0 aliphatic rings. The van der Waals surface area contributed by atoms with Crippen LogP contribution in [0.25, 0.3) is 0 Å². The largest absolute Gasteiger partial charge is 0.445 e. The van der Waals surface area contributed by atoms with Gasteiger partial charge in [-0.3, -0.25) is 4.79 Å². The van der Waals surface area contributed by atoms with E-state index in [2.05, 4.69) is 10.6 Å². The van der Waals surface area contributed by atoms with Gasteiger partial charge in [-0.05, 0) is 23.6 Å². The Morgan fingerprint density at radius 3 is 2.44 bits per heavy atom. The third-order valence-electron chi connectivity index (χ3n) is 3.71. The zero-order valence-electron chi connectivity index (χ0n) is 14.1. The minimum Gasteiger partial charge on any atom is -0.445 e. The lowest BCUT2D eigenvalue weighted by Crippen LogP contribution is -2.39. The summed E-state index contributed by atoms with van der Waals surface area (Å²) in [6, 6.07) is 15.9. The molecule has 1 atom stereocenters. The molecule has 0 unspecified atom stereocenters. The van der Waals surface area contributed by atoms with Crippen LogP contribution in [0.4, 0.5) is 4.79 Å². The second-order valence-electron chi connectivity index (χ2n) is 5.53. The van der Waals surface area contributed by atoms with Crippen LogP contribution in [0.1, 0.15) is 21.5 Å². The van der Waals surface area contributed by atoms with E-state index in [1.54, 1.807) is 25.2 Å². The SMILES string of the molecule is CNC(=O)c1ccccc1C[C@H](CO)NC(=O)OCc1ccccc1. The minimum absolute atomic E-state index is 0.152. The molecule has 3 N–H and O–H groups in total. The van der Waals surface area contributed by atoms with Crippen molar-refractivity contribution in [2.24, 2.45) is 0 Å². The summed E-state index contributed by atoms with van der Waals surface area (Å²) in [5, 5.41) is 14.7. The average molecular weight is 342 g/mol. The average Bonchev–Trinajstić information content (AvgIpc) is 2.66. The van der Waals surface area contributed by atoms with Crippen LogP contribution in [0.3, 0.4) is 0 Å². The summed E-state index contributed by atoms with van der Waals surface area (Å²) in [4.78, 5) is 23.8. The van der Waals surface area contributed by atoms with Gasteiger partial charge in [-0.2, -0.15) is 0 Å². The number of aliphatic hydroxyl groups is 1. The van der Waals surface area contributed by atoms with E-state index in [9.17, 15) is 14.7 Å². The van der Waals surface area contributed by atoms with Gasteiger partial charge in [0.2, 0.25) is 0 Å². The van der Waals surface area contributed by atoms with Crippen molar-refractivity contribution >= 4 is 12.0 Å². The zero-order chi connectivity index (χ0) is 18.1. The second-order valence-corrected chi connectivity index (χ2v) is 5.53. The molecule has 0 bridgehead atoms. The molecule has 0 heterocycles. The van der Waals surface area contributed by atoms with Crippen molar-refractivity contribution in [2.45, 2.75) is 19.1 Å². The van der Waals surface area contributed by atoms with Gasteiger partial charge in [-0.25, -0.2) is 4.79 Å². The molecule has 0 aliphatic heterocycles. The number of amides is 2. The van der Waals surface area contributed by atoms with Crippen LogP contribution in [-0.2, 0) is 17.8 Å². The van der Waals surface area contributed by atoms with Crippen molar-refractivity contribution in [3.63, 3.8) is 0 Å². The highest BCUT2D eigenvalue weighted by Gasteiger charge is 2.17. The molecular weight excluding hydrogens is 320 g/mol. The van der Waals surface area contributed by atoms with E-state index in [0.717, 1.165) is 11.1 Å². The van der Waals surface area contributed by atoms with Crippen molar-refractivity contribution < 1.29 is 19.4 Å². The minimum atomic E-state index is -0.611. The Labute approximate surface area is 146 Å². The van der Waals surface area contributed by atoms with Gasteiger partial charge in [-0.1, -0.05) is 48.5 Å². The number of aliphatic hydroxyl groups excluding tert-OH is 1. The molecule has 2 rings (SSSR count). The molecule has 0 fully saturated rings. The van der Waals surface area contributed by atoms with Crippen molar-refractivity contribution in [2.75, 3.05) is 13.7 Å². The van der Waals surface area contributed by atoms with E-state index in [-0.39, 0.29) is 19.1 Å². The number of hydrogen-bond donors (Lipinski definition) is 3. The molecule has 2 aromatic rings. The summed E-state index contributed by atoms with van der Waals surface area (Å²) in [7, 11) is 1.56. The summed E-state index contributed by atoms with van der Waals surface area (Å²) in [5.74, 6) is -0.209. The Kier molecular flexibility index (Phi) is 6.98. The molecule has 6 nitrogen and oxygen atoms in total. The monoisotopic (exact) mass is 342 g/mol. The highest BCUT2D eigenvalue weighted by molar-refractivity contribution is 5.95. The first kappa shape index (κ1) is 18.5. The number of nitrogens with one attached hydrogen (secondary N) is 2. The molecular formula is C19H22N2O4. The van der Waals surface area contributed by atoms with Crippen molar-refractivity contribution in [1.29, 1.82) is 0 Å². The van der Waals surface area contributed by atoms with Gasteiger partial charge < -0.3 is 20.5 Å². The lowest BCUT2D eigenvalue weighted by molar-refractivity contribution is 0.0962. The van der Waals surface area contributed by atoms with E-state index < -0.39 is 12.1 Å². The Morgan fingerprint density at radius 2 is 1.76 bits per heavy atom. The Balaban J connectivity index is 1.94. The molecule has 0 aromatic heterocycles. The summed E-state index contributed by atoms with van der Waals surface area (Å²) < 4.78 is 5.16. The van der Waals surface area contributed by atoms with Gasteiger partial charge >= 0.3 is 6.09 Å². The number of hydrogen-bond acceptors (Lipinski definition) is 4. The van der Waals surface area contributed by atoms with E-state index in [1.165, 1.54) is 0 Å². The molecule has 0 saturated carbocycles. The topological polar surface area (TPSA) is 87.7 Å². The number of benzene rings is 2. The quantitative estimate of drug-likeness (QED) is 0.717. The molecule has 2 amide bonds. The predicted octanol–water partition coefficient (Wildman–Crippen LogP) is 1.88. The first-order chi connectivity index (χ1) is 12.1. The van der Waals surface area contributed by atoms with Gasteiger partial charge in [0.15, 0.2) is 0 Å². The van der Waals surface area contributed by atoms with Crippen molar-refractivity contribution in [3.8, 4) is 0 Å². The van der Waals surface area contributed by atoms with Gasteiger partial charge in [-0.15, -0.1) is 0 Å². The number of alkyl carbamates (subject to hydrolysis) is 1. The van der Waals surface area contributed by atoms with Crippen molar-refractivity contribution in [1.82, 2.24) is 10.6 Å². The summed E-state index contributed by atoms with van der Waals surface area (Å²) in [5.41, 5.74) is 2.13. The Bertz CT molecular complexity index is 704. The van der Waals surface area contributed by atoms with Crippen LogP contribution in [0.2, 0.25) is 0 Å². The number of carbonyl (C=O) groups excluding carboxylic acids is 2. The maximum atomic E-state index is 11.9. The van der Waals surface area contributed by atoms with Crippen LogP contribution >= 0.6 is 0 Å². The van der Waals surface area contributed by atoms with Crippen LogP contribution in [0.5, 0.6) is 0 Å². The third-order valence-corrected chi connectivity index (χ3v) is 3.71. The maximum absolute atomic E-state index is 11.9. The first-order valence-electron chi connectivity index (χ1n) is 8.02. The summed E-state index contributed by atoms with van der Waals surface area (Å²) >= 11 is 0. The Hall–Kier alpha value is -2.86. The number of carbonyl (C=O) groups is 2. The van der Waals surface area contributed by atoms with Crippen LogP contribution in [0.15, 0.2) is 54.6 Å². The number of ether oxygens (including phenoxy) is 1. The fourth-order valence-electron chi connectivity index (χ4n) is 2.41. The maximum Gasteiger partial charge on any atom is 0.407 e. The molecule has 25 heavy (non-hydrogen) atoms. The normalized spacial score (nSPS) is 11.4. The van der Waals surface area contributed by atoms with Crippen LogP contribution in [0, 0.1) is 0 Å². The van der Waals surface area contributed by atoms with E-state index in [0.29, 0.717) is 12.0 Å². The van der Waals surface area contributed by atoms with E-state index in [1.807, 2.05) is 36.4 Å². The summed E-state index contributed by atoms with van der Waals surface area (Å²) in [6.45, 7) is -0.109. The lowest BCUT2D eigenvalue weighted by Gasteiger charge is -2.18. The molecule has 2 aromatic carbocycles. The first-order valence-corrected chi connectivity index (χ1v) is 8.02. The highest BCUT2D eigenvalue weighted by Crippen LogP contribution is 2.11. The predicted molar refractivity (Wildman–Crippen MR) is 94.2 cm³/mol. The smallest absolute Gasteiger partial charge is 0.407 e. The molecule has 0 spiro atoms. The van der Waals surface area contributed by atoms with Gasteiger partial charge in [0.1, 0.15) is 6.61 Å². The fraction of sp³-hybridized carbons (Fsp3) is 0.263. The molecule has 0 aliphatic carbocycles. The zero-order valence-corrected chi connectivity index (χ0v) is 14.1. The number of rotatable bonds is 7. The van der Waals surface area contributed by atoms with Crippen LogP contribution < -0.4 is 10.6 Å². The van der Waals surface area contributed by atoms with E-state index in [4.69, 9.17) is 4.74 Å². The van der Waals surface area contributed by atoms with Crippen LogP contribution in [-0.4, -0.2) is 36.8 Å². The fourth-order valence-corrected chi connectivity index (χ4v) is 2.41. The second kappa shape index (κ2) is 9.44. The molecule has 6 heteroatoms. The van der Waals surface area contributed by atoms with Gasteiger partial charge in [0, 0.05) is 12.6 Å². The summed E-state index contributed by atoms with van der Waals surface area (Å²) in [6.07, 6.45) is -0.291. The third kappa shape index (κ3) is 5.61. The highest BCUT2D eigenvalue weighted by atomic mass is 16.5. The van der Waals surface area contributed by atoms with E-state index >= 15 is 0 Å². The Morgan fingerprint density at radius 1 is 1.08 bits per heavy atom. The molecule has 0 radical (unpaired) electrons. The van der Waals surface area contributed by atoms with Gasteiger partial charge in [0.25, 0.3) is 5.91 Å².